The van der Waals surface area contributed by atoms with Crippen LogP contribution >= 0.6 is 0 Å². The van der Waals surface area contributed by atoms with Gasteiger partial charge in [0, 0.05) is 30.9 Å². The molecule has 144 valence electrons. The van der Waals surface area contributed by atoms with E-state index in [1.165, 1.54) is 22.5 Å². The Hall–Kier alpha value is -2.49. The van der Waals surface area contributed by atoms with Crippen LogP contribution in [0.1, 0.15) is 50.7 Å². The van der Waals surface area contributed by atoms with Crippen molar-refractivity contribution in [2.75, 3.05) is 18.5 Å². The number of fused-ring (bicyclic) bond motifs is 1. The second kappa shape index (κ2) is 8.03. The maximum atomic E-state index is 12.0. The second-order valence-corrected chi connectivity index (χ2v) is 8.25. The molecule has 1 N–H and O–H groups in total. The van der Waals surface area contributed by atoms with Gasteiger partial charge in [-0.05, 0) is 75.4 Å². The van der Waals surface area contributed by atoms with Crippen LogP contribution in [-0.4, -0.2) is 25.3 Å². The fourth-order valence-corrected chi connectivity index (χ4v) is 3.64. The van der Waals surface area contributed by atoms with Gasteiger partial charge in [0.15, 0.2) is 0 Å². The molecule has 2 aromatic carbocycles. The Morgan fingerprint density at radius 1 is 1.15 bits per heavy atom. The number of anilines is 2. The molecule has 0 aliphatic heterocycles. The third kappa shape index (κ3) is 5.03. The van der Waals surface area contributed by atoms with E-state index in [-0.39, 0.29) is 6.09 Å². The third-order valence-corrected chi connectivity index (χ3v) is 4.99. The Morgan fingerprint density at radius 3 is 2.59 bits per heavy atom. The molecule has 1 atom stereocenters. The van der Waals surface area contributed by atoms with Gasteiger partial charge in [0.25, 0.3) is 0 Å². The van der Waals surface area contributed by atoms with Crippen LogP contribution in [0.4, 0.5) is 16.2 Å². The number of aryl methyl sites for hydroxylation is 1. The van der Waals surface area contributed by atoms with Crippen molar-refractivity contribution in [3.05, 3.63) is 59.7 Å². The summed E-state index contributed by atoms with van der Waals surface area (Å²) in [6, 6.07) is 17.1. The molecule has 0 radical (unpaired) electrons. The summed E-state index contributed by atoms with van der Waals surface area (Å²) in [4.78, 5) is 14.2. The summed E-state index contributed by atoms with van der Waals surface area (Å²) in [6.45, 7) is 6.27. The van der Waals surface area contributed by atoms with Gasteiger partial charge in [-0.25, -0.2) is 4.79 Å². The second-order valence-electron chi connectivity index (χ2n) is 8.25. The molecule has 0 bridgehead atoms. The van der Waals surface area contributed by atoms with Gasteiger partial charge in [-0.1, -0.05) is 24.3 Å². The van der Waals surface area contributed by atoms with Gasteiger partial charge in [0.05, 0.1) is 0 Å². The van der Waals surface area contributed by atoms with Crippen molar-refractivity contribution >= 4 is 17.5 Å². The fraction of sp³-hybridized carbons (Fsp3) is 0.435. The Morgan fingerprint density at radius 2 is 1.89 bits per heavy atom. The van der Waals surface area contributed by atoms with Crippen LogP contribution < -0.4 is 10.2 Å². The first kappa shape index (κ1) is 19.3. The molecule has 2 aromatic rings. The predicted octanol–water partition coefficient (Wildman–Crippen LogP) is 5.40. The molecule has 3 rings (SSSR count). The molecule has 4 nitrogen and oxygen atoms in total. The fourth-order valence-electron chi connectivity index (χ4n) is 3.64. The lowest BCUT2D eigenvalue weighted by Gasteiger charge is -2.28. The summed E-state index contributed by atoms with van der Waals surface area (Å²) in [5.41, 5.74) is 4.64. The van der Waals surface area contributed by atoms with E-state index < -0.39 is 5.60 Å². The molecule has 4 heteroatoms. The average molecular weight is 367 g/mol. The summed E-state index contributed by atoms with van der Waals surface area (Å²) in [5, 5.41) is 2.94. The Bertz CT molecular complexity index is 781. The molecule has 0 spiro atoms. The maximum absolute atomic E-state index is 12.0. The monoisotopic (exact) mass is 366 g/mol. The first-order valence-electron chi connectivity index (χ1n) is 9.72. The smallest absolute Gasteiger partial charge is 0.407 e. The molecule has 0 heterocycles. The van der Waals surface area contributed by atoms with Crippen molar-refractivity contribution in [1.82, 2.24) is 5.32 Å². The molecule has 27 heavy (non-hydrogen) atoms. The maximum Gasteiger partial charge on any atom is 0.407 e. The van der Waals surface area contributed by atoms with Crippen LogP contribution in [-0.2, 0) is 11.2 Å². The summed E-state index contributed by atoms with van der Waals surface area (Å²) >= 11 is 0. The molecular formula is C23H30N2O2. The van der Waals surface area contributed by atoms with Crippen LogP contribution in [0.5, 0.6) is 0 Å². The minimum atomic E-state index is -0.467. The van der Waals surface area contributed by atoms with Crippen LogP contribution in [0.2, 0.25) is 0 Å². The van der Waals surface area contributed by atoms with E-state index in [4.69, 9.17) is 4.74 Å². The summed E-state index contributed by atoms with van der Waals surface area (Å²) < 4.78 is 5.36. The summed E-state index contributed by atoms with van der Waals surface area (Å²) in [5.74, 6) is 0.345. The van der Waals surface area contributed by atoms with E-state index in [1.54, 1.807) is 0 Å². The Kier molecular flexibility index (Phi) is 5.73. The van der Waals surface area contributed by atoms with Gasteiger partial charge < -0.3 is 15.0 Å². The Labute approximate surface area is 162 Å². The van der Waals surface area contributed by atoms with Crippen LogP contribution in [0, 0.1) is 0 Å². The number of benzene rings is 2. The largest absolute Gasteiger partial charge is 0.444 e. The van der Waals surface area contributed by atoms with Crippen molar-refractivity contribution in [3.8, 4) is 0 Å². The van der Waals surface area contributed by atoms with Crippen molar-refractivity contribution in [1.29, 1.82) is 0 Å². The van der Waals surface area contributed by atoms with Gasteiger partial charge >= 0.3 is 6.09 Å². The quantitative estimate of drug-likeness (QED) is 0.788. The van der Waals surface area contributed by atoms with Gasteiger partial charge in [0.1, 0.15) is 5.60 Å². The van der Waals surface area contributed by atoms with Gasteiger partial charge in [-0.15, -0.1) is 0 Å². The SMILES string of the molecule is CN(c1ccccc1)c1ccc2c(c1)CCCC2CNC(=O)OC(C)(C)C. The van der Waals surface area contributed by atoms with Crippen molar-refractivity contribution in [2.24, 2.45) is 0 Å². The topological polar surface area (TPSA) is 41.6 Å². The van der Waals surface area contributed by atoms with E-state index >= 15 is 0 Å². The van der Waals surface area contributed by atoms with E-state index in [9.17, 15) is 4.79 Å². The lowest BCUT2D eigenvalue weighted by Crippen LogP contribution is -2.35. The number of para-hydroxylation sites is 1. The number of nitrogens with one attached hydrogen (secondary N) is 1. The zero-order valence-electron chi connectivity index (χ0n) is 16.8. The number of alkyl carbamates (subject to hydrolysis) is 1. The van der Waals surface area contributed by atoms with Gasteiger partial charge in [-0.3, -0.25) is 0 Å². The molecule has 0 aromatic heterocycles. The molecule has 1 aliphatic rings. The minimum absolute atomic E-state index is 0.338. The van der Waals surface area contributed by atoms with Crippen molar-refractivity contribution in [2.45, 2.75) is 51.6 Å². The lowest BCUT2D eigenvalue weighted by molar-refractivity contribution is 0.0523. The first-order valence-corrected chi connectivity index (χ1v) is 9.72. The van der Waals surface area contributed by atoms with Crippen molar-refractivity contribution in [3.63, 3.8) is 0 Å². The molecule has 1 unspecified atom stereocenters. The average Bonchev–Trinajstić information content (AvgIpc) is 2.64. The first-order chi connectivity index (χ1) is 12.8. The molecular weight excluding hydrogens is 336 g/mol. The highest BCUT2D eigenvalue weighted by Crippen LogP contribution is 2.35. The number of hydrogen-bond acceptors (Lipinski definition) is 3. The number of carbonyl (C=O) groups excluding carboxylic acids is 1. The normalized spacial score (nSPS) is 16.4. The molecule has 0 fully saturated rings. The third-order valence-electron chi connectivity index (χ3n) is 4.99. The van der Waals surface area contributed by atoms with E-state index in [2.05, 4.69) is 59.7 Å². The summed E-state index contributed by atoms with van der Waals surface area (Å²) in [6.07, 6.45) is 2.99. The van der Waals surface area contributed by atoms with Crippen LogP contribution in [0.3, 0.4) is 0 Å². The number of ether oxygens (including phenoxy) is 1. The molecule has 1 amide bonds. The predicted molar refractivity (Wildman–Crippen MR) is 111 cm³/mol. The number of nitrogens with zero attached hydrogens (tertiary/aromatic N) is 1. The number of hydrogen-bond donors (Lipinski definition) is 1. The van der Waals surface area contributed by atoms with E-state index in [0.717, 1.165) is 19.3 Å². The lowest BCUT2D eigenvalue weighted by atomic mass is 9.82. The zero-order chi connectivity index (χ0) is 19.4. The molecule has 0 saturated heterocycles. The molecule has 0 saturated carbocycles. The Balaban J connectivity index is 1.70. The highest BCUT2D eigenvalue weighted by atomic mass is 16.6. The zero-order valence-corrected chi connectivity index (χ0v) is 16.8. The van der Waals surface area contributed by atoms with E-state index in [1.807, 2.05) is 26.8 Å². The van der Waals surface area contributed by atoms with Crippen molar-refractivity contribution < 1.29 is 9.53 Å². The highest BCUT2D eigenvalue weighted by molar-refractivity contribution is 5.68. The van der Waals surface area contributed by atoms with Crippen LogP contribution in [0.25, 0.3) is 0 Å². The highest BCUT2D eigenvalue weighted by Gasteiger charge is 2.23. The molecule has 1 aliphatic carbocycles. The van der Waals surface area contributed by atoms with Crippen LogP contribution in [0.15, 0.2) is 48.5 Å². The number of amides is 1. The van der Waals surface area contributed by atoms with Gasteiger partial charge in [0.2, 0.25) is 0 Å². The van der Waals surface area contributed by atoms with Gasteiger partial charge in [-0.2, -0.15) is 0 Å². The summed E-state index contributed by atoms with van der Waals surface area (Å²) in [7, 11) is 2.10. The number of rotatable bonds is 4. The van der Waals surface area contributed by atoms with E-state index in [0.29, 0.717) is 12.5 Å². The standard InChI is InChI=1S/C23H30N2O2/c1-23(2,3)27-22(26)24-16-18-10-8-9-17-15-20(13-14-21(17)18)25(4)19-11-6-5-7-12-19/h5-7,11-15,18H,8-10,16H2,1-4H3,(H,24,26). The number of carbonyl (C=O) groups is 1. The minimum Gasteiger partial charge on any atom is -0.444 e.